The quantitative estimate of drug-likeness (QED) is 0.396. The number of benzene rings is 3. The number of hydrogen-bond donors (Lipinski definition) is 0. The van der Waals surface area contributed by atoms with E-state index in [1.807, 2.05) is 0 Å². The van der Waals surface area contributed by atoms with Crippen LogP contribution in [0.25, 0.3) is 0 Å². The van der Waals surface area contributed by atoms with E-state index in [1.165, 1.54) is 50.1 Å². The molecule has 0 aliphatic heterocycles. The van der Waals surface area contributed by atoms with Gasteiger partial charge in [0, 0.05) is 0 Å². The number of allylic oxidation sites excluding steroid dienone is 4. The molecule has 1 unspecified atom stereocenters. The SMILES string of the molecule is CC1=CC(C)C(C(c2cccc(C)c2)(c2cccc(C)c2)c2cccc(C)c2)=C1C. The molecular formula is C30H32. The molecule has 0 fully saturated rings. The lowest BCUT2D eigenvalue weighted by molar-refractivity contribution is 0.639. The summed E-state index contributed by atoms with van der Waals surface area (Å²) in [6.45, 7) is 13.5. The summed E-state index contributed by atoms with van der Waals surface area (Å²) in [6.07, 6.45) is 2.43. The second-order valence-electron chi connectivity index (χ2n) is 9.04. The highest BCUT2D eigenvalue weighted by atomic mass is 14.5. The number of aryl methyl sites for hydroxylation is 3. The van der Waals surface area contributed by atoms with Gasteiger partial charge in [-0.15, -0.1) is 0 Å². The highest BCUT2D eigenvalue weighted by Gasteiger charge is 2.44. The Morgan fingerprint density at radius 2 is 1.00 bits per heavy atom. The Bertz CT molecular complexity index is 1040. The Hall–Kier alpha value is -2.86. The minimum atomic E-state index is -0.318. The van der Waals surface area contributed by atoms with Crippen LogP contribution in [0.1, 0.15) is 54.2 Å². The smallest absolute Gasteiger partial charge is 0.0673 e. The van der Waals surface area contributed by atoms with Gasteiger partial charge in [-0.05, 0) is 68.4 Å². The molecule has 152 valence electrons. The third-order valence-electron chi connectivity index (χ3n) is 6.71. The first-order valence-electron chi connectivity index (χ1n) is 11.0. The fraction of sp³-hybridized carbons (Fsp3) is 0.267. The maximum atomic E-state index is 2.43. The molecule has 0 saturated heterocycles. The topological polar surface area (TPSA) is 0 Å². The molecular weight excluding hydrogens is 360 g/mol. The summed E-state index contributed by atoms with van der Waals surface area (Å²) in [4.78, 5) is 0. The van der Waals surface area contributed by atoms with Crippen molar-refractivity contribution < 1.29 is 0 Å². The molecule has 30 heavy (non-hydrogen) atoms. The predicted molar refractivity (Wildman–Crippen MR) is 129 cm³/mol. The largest absolute Gasteiger partial charge is 0.0743 e. The van der Waals surface area contributed by atoms with Gasteiger partial charge in [0.2, 0.25) is 0 Å². The van der Waals surface area contributed by atoms with Crippen molar-refractivity contribution in [2.75, 3.05) is 0 Å². The van der Waals surface area contributed by atoms with E-state index in [0.717, 1.165) is 0 Å². The van der Waals surface area contributed by atoms with Crippen molar-refractivity contribution in [3.8, 4) is 0 Å². The molecule has 1 aliphatic rings. The van der Waals surface area contributed by atoms with E-state index in [1.54, 1.807) is 0 Å². The van der Waals surface area contributed by atoms with E-state index in [2.05, 4.69) is 120 Å². The zero-order valence-corrected chi connectivity index (χ0v) is 19.1. The summed E-state index contributed by atoms with van der Waals surface area (Å²) < 4.78 is 0. The molecule has 0 spiro atoms. The second kappa shape index (κ2) is 7.76. The minimum absolute atomic E-state index is 0.318. The Morgan fingerprint density at radius 3 is 1.30 bits per heavy atom. The molecule has 0 heteroatoms. The molecule has 4 rings (SSSR count). The van der Waals surface area contributed by atoms with E-state index < -0.39 is 0 Å². The molecule has 0 amide bonds. The van der Waals surface area contributed by atoms with Gasteiger partial charge in [-0.1, -0.05) is 108 Å². The summed E-state index contributed by atoms with van der Waals surface area (Å²) in [5.74, 6) is 0.381. The van der Waals surface area contributed by atoms with Crippen LogP contribution in [0.15, 0.2) is 95.6 Å². The van der Waals surface area contributed by atoms with Crippen LogP contribution in [0.3, 0.4) is 0 Å². The van der Waals surface area contributed by atoms with Gasteiger partial charge in [-0.2, -0.15) is 0 Å². The van der Waals surface area contributed by atoms with Gasteiger partial charge in [0.05, 0.1) is 5.41 Å². The van der Waals surface area contributed by atoms with Crippen molar-refractivity contribution in [1.29, 1.82) is 0 Å². The molecule has 1 atom stereocenters. The second-order valence-corrected chi connectivity index (χ2v) is 9.04. The van der Waals surface area contributed by atoms with Crippen LogP contribution < -0.4 is 0 Å². The molecule has 1 aliphatic carbocycles. The number of rotatable bonds is 4. The normalized spacial score (nSPS) is 16.7. The van der Waals surface area contributed by atoms with Crippen molar-refractivity contribution in [2.45, 2.75) is 47.0 Å². The molecule has 0 saturated carbocycles. The van der Waals surface area contributed by atoms with Gasteiger partial charge in [0.15, 0.2) is 0 Å². The van der Waals surface area contributed by atoms with Crippen LogP contribution in [0.5, 0.6) is 0 Å². The molecule has 0 bridgehead atoms. The third kappa shape index (κ3) is 3.25. The van der Waals surface area contributed by atoms with Gasteiger partial charge in [-0.3, -0.25) is 0 Å². The lowest BCUT2D eigenvalue weighted by Crippen LogP contribution is -2.34. The number of hydrogen-bond acceptors (Lipinski definition) is 0. The van der Waals surface area contributed by atoms with Gasteiger partial charge in [0.25, 0.3) is 0 Å². The van der Waals surface area contributed by atoms with Crippen LogP contribution >= 0.6 is 0 Å². The Balaban J connectivity index is 2.20. The van der Waals surface area contributed by atoms with Crippen LogP contribution in [0.4, 0.5) is 0 Å². The highest BCUT2D eigenvalue weighted by molar-refractivity contribution is 5.65. The Morgan fingerprint density at radius 1 is 0.600 bits per heavy atom. The van der Waals surface area contributed by atoms with Crippen LogP contribution in [0, 0.1) is 26.7 Å². The predicted octanol–water partition coefficient (Wildman–Crippen LogP) is 7.86. The molecule has 0 aromatic heterocycles. The molecule has 3 aromatic rings. The van der Waals surface area contributed by atoms with Crippen molar-refractivity contribution >= 4 is 0 Å². The summed E-state index contributed by atoms with van der Waals surface area (Å²) >= 11 is 0. The van der Waals surface area contributed by atoms with Gasteiger partial charge in [-0.25, -0.2) is 0 Å². The summed E-state index contributed by atoms with van der Waals surface area (Å²) in [6, 6.07) is 27.3. The fourth-order valence-corrected chi connectivity index (χ4v) is 5.36. The average Bonchev–Trinajstić information content (AvgIpc) is 2.96. The minimum Gasteiger partial charge on any atom is -0.0743 e. The van der Waals surface area contributed by atoms with Crippen molar-refractivity contribution in [2.24, 2.45) is 5.92 Å². The Labute approximate surface area is 182 Å². The van der Waals surface area contributed by atoms with Crippen molar-refractivity contribution in [1.82, 2.24) is 0 Å². The molecule has 3 aromatic carbocycles. The summed E-state index contributed by atoms with van der Waals surface area (Å²) in [5, 5.41) is 0. The zero-order chi connectivity index (χ0) is 21.5. The van der Waals surface area contributed by atoms with Crippen LogP contribution in [0.2, 0.25) is 0 Å². The van der Waals surface area contributed by atoms with E-state index in [4.69, 9.17) is 0 Å². The molecule has 0 N–H and O–H groups in total. The summed E-state index contributed by atoms with van der Waals surface area (Å²) in [7, 11) is 0. The first-order valence-corrected chi connectivity index (χ1v) is 11.0. The van der Waals surface area contributed by atoms with E-state index in [-0.39, 0.29) is 5.41 Å². The fourth-order valence-electron chi connectivity index (χ4n) is 5.36. The average molecular weight is 393 g/mol. The standard InChI is InChI=1S/C30H32/c1-20-10-7-13-26(16-20)30(27-14-8-11-21(2)17-27,28-15-9-12-22(3)18-28)29-24(5)19-23(4)25(29)6/h7-19,24H,1-6H3. The van der Waals surface area contributed by atoms with E-state index in [9.17, 15) is 0 Å². The van der Waals surface area contributed by atoms with Crippen LogP contribution in [-0.2, 0) is 5.41 Å². The molecule has 0 nitrogen and oxygen atoms in total. The maximum Gasteiger partial charge on any atom is 0.0673 e. The first-order chi connectivity index (χ1) is 14.3. The monoisotopic (exact) mass is 392 g/mol. The highest BCUT2D eigenvalue weighted by Crippen LogP contribution is 2.52. The van der Waals surface area contributed by atoms with E-state index in [0.29, 0.717) is 5.92 Å². The lowest BCUT2D eigenvalue weighted by atomic mass is 9.61. The Kier molecular flexibility index (Phi) is 5.28. The zero-order valence-electron chi connectivity index (χ0n) is 19.1. The third-order valence-corrected chi connectivity index (χ3v) is 6.71. The van der Waals surface area contributed by atoms with Gasteiger partial charge in [0.1, 0.15) is 0 Å². The van der Waals surface area contributed by atoms with Crippen molar-refractivity contribution in [3.05, 3.63) is 129 Å². The lowest BCUT2D eigenvalue weighted by Gasteiger charge is -2.41. The van der Waals surface area contributed by atoms with Gasteiger partial charge >= 0.3 is 0 Å². The molecule has 0 radical (unpaired) electrons. The molecule has 0 heterocycles. The van der Waals surface area contributed by atoms with Crippen molar-refractivity contribution in [3.63, 3.8) is 0 Å². The van der Waals surface area contributed by atoms with Crippen LogP contribution in [-0.4, -0.2) is 0 Å². The maximum absolute atomic E-state index is 2.43. The van der Waals surface area contributed by atoms with Gasteiger partial charge < -0.3 is 0 Å². The first kappa shape index (κ1) is 20.4. The summed E-state index contributed by atoms with van der Waals surface area (Å²) in [5.41, 5.74) is 11.9. The van der Waals surface area contributed by atoms with E-state index >= 15 is 0 Å².